The molecule has 148 valence electrons. The maximum absolute atomic E-state index is 10.9. The minimum Gasteiger partial charge on any atom is -0.394 e. The number of carbonyl (C=O) groups excluding carboxylic acids is 1. The Balaban J connectivity index is 1.77. The molecule has 0 spiro atoms. The molecule has 0 unspecified atom stereocenters. The largest absolute Gasteiger partial charge is 0.394 e. The van der Waals surface area contributed by atoms with E-state index in [0.29, 0.717) is 12.1 Å². The van der Waals surface area contributed by atoms with Gasteiger partial charge in [-0.1, -0.05) is 0 Å². The molecule has 4 heterocycles. The fraction of sp³-hybridized carbons (Fsp3) is 0.400. The minimum absolute atomic E-state index is 0.0753. The molecule has 13 nitrogen and oxygen atoms in total. The summed E-state index contributed by atoms with van der Waals surface area (Å²) in [6.45, 7) is -0.454. The number of aromatic nitrogens is 6. The smallest absolute Gasteiger partial charge is 0.254 e. The number of hydrogen-bond donors (Lipinski definition) is 4. The van der Waals surface area contributed by atoms with Crippen LogP contribution in [0.5, 0.6) is 0 Å². The fourth-order valence-electron chi connectivity index (χ4n) is 2.99. The molecule has 1 aliphatic heterocycles. The van der Waals surface area contributed by atoms with Gasteiger partial charge in [0.15, 0.2) is 17.7 Å². The summed E-state index contributed by atoms with van der Waals surface area (Å²) in [5.41, 5.74) is 7.03. The van der Waals surface area contributed by atoms with Gasteiger partial charge in [0.1, 0.15) is 23.8 Å². The maximum Gasteiger partial charge on any atom is 0.254 e. The van der Waals surface area contributed by atoms with Crippen molar-refractivity contribution in [3.63, 3.8) is 0 Å². The van der Waals surface area contributed by atoms with Crippen LogP contribution in [0, 0.1) is 0 Å². The van der Waals surface area contributed by atoms with E-state index in [2.05, 4.69) is 20.1 Å². The lowest BCUT2D eigenvalue weighted by Gasteiger charge is -2.16. The second-order valence-corrected chi connectivity index (χ2v) is 6.32. The zero-order chi connectivity index (χ0) is 20.0. The molecule has 0 bridgehead atoms. The summed E-state index contributed by atoms with van der Waals surface area (Å²) >= 11 is 0. The third kappa shape index (κ3) is 2.77. The van der Waals surface area contributed by atoms with Gasteiger partial charge in [-0.05, 0) is 0 Å². The van der Waals surface area contributed by atoms with Crippen LogP contribution >= 0.6 is 0 Å². The van der Waals surface area contributed by atoms with E-state index in [4.69, 9.17) is 10.5 Å². The van der Waals surface area contributed by atoms with Crippen LogP contribution in [0.4, 0.5) is 11.5 Å². The number of aliphatic hydroxyl groups excluding tert-OH is 3. The van der Waals surface area contributed by atoms with Crippen molar-refractivity contribution in [1.29, 1.82) is 0 Å². The Morgan fingerprint density at radius 1 is 1.36 bits per heavy atom. The monoisotopic (exact) mass is 390 g/mol. The van der Waals surface area contributed by atoms with E-state index in [-0.39, 0.29) is 22.9 Å². The summed E-state index contributed by atoms with van der Waals surface area (Å²) in [7, 11) is 1.57. The van der Waals surface area contributed by atoms with Crippen LogP contribution in [0.25, 0.3) is 17.1 Å². The van der Waals surface area contributed by atoms with Gasteiger partial charge < -0.3 is 30.7 Å². The number of carbonyl (C=O) groups is 1. The predicted octanol–water partition coefficient (Wildman–Crippen LogP) is -2.20. The van der Waals surface area contributed by atoms with Crippen molar-refractivity contribution in [2.75, 3.05) is 24.3 Å². The van der Waals surface area contributed by atoms with Gasteiger partial charge in [-0.15, -0.1) is 0 Å². The Hall–Kier alpha value is -3.13. The van der Waals surface area contributed by atoms with E-state index in [1.165, 1.54) is 26.7 Å². The van der Waals surface area contributed by atoms with Gasteiger partial charge in [0, 0.05) is 7.05 Å². The number of aliphatic hydroxyl groups is 3. The van der Waals surface area contributed by atoms with Gasteiger partial charge in [0.05, 0.1) is 31.0 Å². The van der Waals surface area contributed by atoms with E-state index in [1.807, 2.05) is 0 Å². The van der Waals surface area contributed by atoms with Crippen molar-refractivity contribution in [1.82, 2.24) is 29.3 Å². The molecule has 3 aromatic rings. The third-order valence-electron chi connectivity index (χ3n) is 4.57. The molecule has 0 aromatic carbocycles. The second-order valence-electron chi connectivity index (χ2n) is 6.32. The van der Waals surface area contributed by atoms with E-state index >= 15 is 0 Å². The molecule has 0 radical (unpaired) electrons. The van der Waals surface area contributed by atoms with Crippen molar-refractivity contribution in [3.8, 4) is 5.95 Å². The first-order valence-corrected chi connectivity index (χ1v) is 8.30. The van der Waals surface area contributed by atoms with Crippen molar-refractivity contribution in [3.05, 3.63) is 18.7 Å². The molecule has 4 atom stereocenters. The van der Waals surface area contributed by atoms with Crippen molar-refractivity contribution < 1.29 is 24.9 Å². The van der Waals surface area contributed by atoms with Crippen LogP contribution < -0.4 is 10.6 Å². The van der Waals surface area contributed by atoms with Crippen molar-refractivity contribution in [2.24, 2.45) is 0 Å². The van der Waals surface area contributed by atoms with Crippen molar-refractivity contribution in [2.45, 2.75) is 24.5 Å². The number of ether oxygens (including phenoxy) is 1. The summed E-state index contributed by atoms with van der Waals surface area (Å²) < 4.78 is 8.27. The fourth-order valence-corrected chi connectivity index (χ4v) is 2.99. The molecule has 0 aliphatic carbocycles. The highest BCUT2D eigenvalue weighted by molar-refractivity contribution is 5.82. The predicted molar refractivity (Wildman–Crippen MR) is 94.3 cm³/mol. The normalized spacial score (nSPS) is 24.7. The molecule has 4 rings (SSSR count). The highest BCUT2D eigenvalue weighted by Crippen LogP contribution is 2.32. The Kier molecular flexibility index (Phi) is 4.43. The highest BCUT2D eigenvalue weighted by atomic mass is 16.6. The second kappa shape index (κ2) is 6.79. The number of rotatable bonds is 5. The van der Waals surface area contributed by atoms with Crippen molar-refractivity contribution >= 4 is 29.1 Å². The van der Waals surface area contributed by atoms with Crippen LogP contribution in [0.2, 0.25) is 0 Å². The number of nitrogens with two attached hydrogens (primary N) is 1. The third-order valence-corrected chi connectivity index (χ3v) is 4.57. The summed E-state index contributed by atoms with van der Waals surface area (Å²) in [4.78, 5) is 24.9. The molecule has 1 amide bonds. The highest BCUT2D eigenvalue weighted by Gasteiger charge is 2.44. The van der Waals surface area contributed by atoms with E-state index < -0.39 is 31.1 Å². The number of fused-ring (bicyclic) bond motifs is 1. The topological polar surface area (TPSA) is 178 Å². The number of imidazole rings is 1. The number of nitrogen functional groups attached to an aromatic ring is 1. The Labute approximate surface area is 157 Å². The summed E-state index contributed by atoms with van der Waals surface area (Å²) in [5.74, 6) is 0.190. The average molecular weight is 390 g/mol. The van der Waals surface area contributed by atoms with Gasteiger partial charge in [0.25, 0.3) is 5.95 Å². The maximum atomic E-state index is 10.9. The van der Waals surface area contributed by atoms with Gasteiger partial charge in [0.2, 0.25) is 6.41 Å². The summed E-state index contributed by atoms with van der Waals surface area (Å²) in [5, 5.41) is 33.7. The quantitative estimate of drug-likeness (QED) is 0.349. The van der Waals surface area contributed by atoms with Crippen LogP contribution in [0.1, 0.15) is 6.23 Å². The molecular weight excluding hydrogens is 372 g/mol. The zero-order valence-electron chi connectivity index (χ0n) is 14.7. The molecule has 28 heavy (non-hydrogen) atoms. The van der Waals surface area contributed by atoms with E-state index in [0.717, 1.165) is 0 Å². The van der Waals surface area contributed by atoms with E-state index in [9.17, 15) is 20.1 Å². The standard InChI is InChI=1S/C15H18N8O5/c1-21(6-25)7-2-18-23(3-7)15-19-12(16)9-13(20-15)22(5-17-9)14-11(27)10(26)8(4-24)28-14/h2-3,5-6,8,10-11,14,24,26-27H,4H2,1H3,(H2,16,19,20)/t8-,10-,11-,14-/m1/s1. The lowest BCUT2D eigenvalue weighted by molar-refractivity contribution is -0.107. The number of amides is 1. The summed E-state index contributed by atoms with van der Waals surface area (Å²) in [6.07, 6.45) is 0.470. The Bertz CT molecular complexity index is 1020. The van der Waals surface area contributed by atoms with Crippen LogP contribution in [0.3, 0.4) is 0 Å². The number of nitrogens with zero attached hydrogens (tertiary/aromatic N) is 7. The average Bonchev–Trinajstić information content (AvgIpc) is 3.40. The number of anilines is 2. The molecule has 3 aromatic heterocycles. The molecule has 5 N–H and O–H groups in total. The van der Waals surface area contributed by atoms with Crippen LogP contribution in [-0.2, 0) is 9.53 Å². The van der Waals surface area contributed by atoms with Gasteiger partial charge in [-0.2, -0.15) is 15.1 Å². The SMILES string of the molecule is CN(C=O)c1cnn(-c2nc(N)c3ncn([C@@H]4O[C@H](CO)[C@@H](O)[C@H]4O)c3n2)c1. The lowest BCUT2D eigenvalue weighted by atomic mass is 10.1. The van der Waals surface area contributed by atoms with E-state index in [1.54, 1.807) is 13.2 Å². The van der Waals surface area contributed by atoms with Gasteiger partial charge in [-0.25, -0.2) is 9.67 Å². The zero-order valence-corrected chi connectivity index (χ0v) is 14.7. The van der Waals surface area contributed by atoms with Crippen LogP contribution in [0.15, 0.2) is 18.7 Å². The van der Waals surface area contributed by atoms with Gasteiger partial charge >= 0.3 is 0 Å². The molecule has 1 aliphatic rings. The van der Waals surface area contributed by atoms with Crippen LogP contribution in [-0.4, -0.2) is 83.0 Å². The Morgan fingerprint density at radius 3 is 2.82 bits per heavy atom. The molecule has 13 heteroatoms. The first kappa shape index (κ1) is 18.2. The van der Waals surface area contributed by atoms with Gasteiger partial charge in [-0.3, -0.25) is 9.36 Å². The minimum atomic E-state index is -1.30. The molecule has 1 saturated heterocycles. The summed E-state index contributed by atoms with van der Waals surface area (Å²) in [6, 6.07) is 0. The first-order valence-electron chi connectivity index (χ1n) is 8.30. The molecular formula is C15H18N8O5. The Morgan fingerprint density at radius 2 is 2.14 bits per heavy atom. The molecule has 0 saturated carbocycles. The molecule has 1 fully saturated rings. The lowest BCUT2D eigenvalue weighted by Crippen LogP contribution is -2.33. The first-order chi connectivity index (χ1) is 13.4. The number of hydrogen-bond acceptors (Lipinski definition) is 10.